The molecule has 0 unspecified atom stereocenters. The number of nitrogens with one attached hydrogen (secondary N) is 1. The normalized spacial score (nSPS) is 11.8. The Bertz CT molecular complexity index is 1030. The van der Waals surface area contributed by atoms with Gasteiger partial charge in [0.1, 0.15) is 11.6 Å². The third-order valence-corrected chi connectivity index (χ3v) is 3.98. The van der Waals surface area contributed by atoms with E-state index in [4.69, 9.17) is 27.9 Å². The molecule has 0 bridgehead atoms. The highest BCUT2D eigenvalue weighted by atomic mass is 35.5. The van der Waals surface area contributed by atoms with E-state index in [-0.39, 0.29) is 10.0 Å². The first-order valence-electron chi connectivity index (χ1n) is 6.99. The molecular formula is C15H9Cl2F4NO5S. The van der Waals surface area contributed by atoms with Crippen molar-refractivity contribution in [1.82, 2.24) is 4.72 Å². The van der Waals surface area contributed by atoms with Crippen molar-refractivity contribution in [1.29, 1.82) is 0 Å². The van der Waals surface area contributed by atoms with Gasteiger partial charge in [0.15, 0.2) is 11.5 Å². The van der Waals surface area contributed by atoms with Gasteiger partial charge in [0.25, 0.3) is 5.91 Å². The molecule has 0 aliphatic rings. The second kappa shape index (κ2) is 8.02. The van der Waals surface area contributed by atoms with E-state index in [0.29, 0.717) is 12.3 Å². The fraction of sp³-hybridized carbons (Fsp3) is 0.133. The van der Waals surface area contributed by atoms with Crippen LogP contribution in [-0.2, 0) is 10.0 Å². The van der Waals surface area contributed by atoms with Crippen LogP contribution in [0.2, 0.25) is 10.0 Å². The smallest absolute Gasteiger partial charge is 0.452 e. The summed E-state index contributed by atoms with van der Waals surface area (Å²) in [7, 11) is -3.96. The first-order chi connectivity index (χ1) is 12.7. The molecular weight excluding hydrogens is 453 g/mol. The molecule has 13 heteroatoms. The van der Waals surface area contributed by atoms with Crippen molar-refractivity contribution in [3.8, 4) is 17.2 Å². The van der Waals surface area contributed by atoms with Crippen LogP contribution in [0.4, 0.5) is 17.6 Å². The van der Waals surface area contributed by atoms with Crippen LogP contribution in [0.1, 0.15) is 10.4 Å². The van der Waals surface area contributed by atoms with E-state index in [1.54, 1.807) is 4.72 Å². The van der Waals surface area contributed by atoms with E-state index in [1.165, 1.54) is 6.07 Å². The fourth-order valence-electron chi connectivity index (χ4n) is 1.89. The largest absolute Gasteiger partial charge is 0.573 e. The highest BCUT2D eigenvalue weighted by molar-refractivity contribution is 7.89. The number of ether oxygens (including phenoxy) is 2. The summed E-state index contributed by atoms with van der Waals surface area (Å²) < 4.78 is 84.3. The van der Waals surface area contributed by atoms with Gasteiger partial charge in [0.2, 0.25) is 10.0 Å². The van der Waals surface area contributed by atoms with Crippen LogP contribution in [0.5, 0.6) is 17.2 Å². The third-order valence-electron chi connectivity index (χ3n) is 2.90. The Morgan fingerprint density at radius 3 is 2.29 bits per heavy atom. The second-order valence-corrected chi connectivity index (χ2v) is 7.80. The number of halogens is 6. The maximum Gasteiger partial charge on any atom is 0.573 e. The number of benzene rings is 2. The number of amides is 1. The summed E-state index contributed by atoms with van der Waals surface area (Å²) in [4.78, 5) is 11.8. The van der Waals surface area contributed by atoms with Crippen molar-refractivity contribution in [2.24, 2.45) is 0 Å². The molecule has 2 rings (SSSR count). The molecule has 0 aromatic heterocycles. The molecule has 152 valence electrons. The van der Waals surface area contributed by atoms with Crippen LogP contribution in [0.15, 0.2) is 30.3 Å². The number of alkyl halides is 3. The minimum absolute atomic E-state index is 0.0864. The number of sulfonamides is 1. The minimum Gasteiger partial charge on any atom is -0.452 e. The molecule has 2 aromatic rings. The molecule has 0 radical (unpaired) electrons. The van der Waals surface area contributed by atoms with Crippen LogP contribution in [0, 0.1) is 5.82 Å². The maximum atomic E-state index is 14.2. The first-order valence-corrected chi connectivity index (χ1v) is 9.64. The van der Waals surface area contributed by atoms with Gasteiger partial charge >= 0.3 is 6.36 Å². The summed E-state index contributed by atoms with van der Waals surface area (Å²) >= 11 is 11.5. The molecule has 1 N–H and O–H groups in total. The maximum absolute atomic E-state index is 14.2. The number of hydrogen-bond donors (Lipinski definition) is 1. The van der Waals surface area contributed by atoms with Crippen molar-refractivity contribution >= 4 is 39.1 Å². The van der Waals surface area contributed by atoms with Gasteiger partial charge in [0, 0.05) is 17.2 Å². The molecule has 6 nitrogen and oxygen atoms in total. The molecule has 28 heavy (non-hydrogen) atoms. The molecule has 0 aliphatic heterocycles. The van der Waals surface area contributed by atoms with Gasteiger partial charge < -0.3 is 9.47 Å². The van der Waals surface area contributed by atoms with Crippen LogP contribution in [0.25, 0.3) is 0 Å². The number of hydrogen-bond acceptors (Lipinski definition) is 5. The topological polar surface area (TPSA) is 81.7 Å². The Kier molecular flexibility index (Phi) is 6.31. The van der Waals surface area contributed by atoms with Crippen molar-refractivity contribution in [2.45, 2.75) is 6.36 Å². The van der Waals surface area contributed by atoms with Gasteiger partial charge in [-0.2, -0.15) is 0 Å². The zero-order valence-electron chi connectivity index (χ0n) is 13.6. The molecule has 0 atom stereocenters. The van der Waals surface area contributed by atoms with E-state index in [0.717, 1.165) is 18.2 Å². The van der Waals surface area contributed by atoms with Crippen LogP contribution < -0.4 is 14.2 Å². The Labute approximate surface area is 166 Å². The SMILES string of the molecule is CS(=O)(=O)NC(=O)c1cc(Cl)c(Oc2ccc(Cl)cc2OC(F)(F)F)cc1F. The molecule has 0 saturated heterocycles. The molecule has 0 spiro atoms. The molecule has 2 aromatic carbocycles. The Morgan fingerprint density at radius 1 is 1.07 bits per heavy atom. The summed E-state index contributed by atoms with van der Waals surface area (Å²) in [5, 5.41) is -0.468. The number of carbonyl (C=O) groups excluding carboxylic acids is 1. The lowest BCUT2D eigenvalue weighted by Gasteiger charge is -2.15. The monoisotopic (exact) mass is 461 g/mol. The molecule has 0 saturated carbocycles. The predicted octanol–water partition coefficient (Wildman–Crippen LogP) is 4.51. The first kappa shape index (κ1) is 22.1. The Hall–Kier alpha value is -2.24. The van der Waals surface area contributed by atoms with E-state index < -0.39 is 50.9 Å². The van der Waals surface area contributed by atoms with E-state index in [1.807, 2.05) is 0 Å². The summed E-state index contributed by atoms with van der Waals surface area (Å²) in [5.41, 5.74) is -0.717. The summed E-state index contributed by atoms with van der Waals surface area (Å²) in [5.74, 6) is -4.27. The third kappa shape index (κ3) is 6.14. The van der Waals surface area contributed by atoms with Crippen molar-refractivity contribution in [2.75, 3.05) is 6.26 Å². The summed E-state index contributed by atoms with van der Waals surface area (Å²) in [6.45, 7) is 0. The average molecular weight is 462 g/mol. The lowest BCUT2D eigenvalue weighted by molar-refractivity contribution is -0.275. The van der Waals surface area contributed by atoms with E-state index in [2.05, 4.69) is 4.74 Å². The minimum atomic E-state index is -5.05. The zero-order valence-corrected chi connectivity index (χ0v) is 15.9. The molecule has 1 amide bonds. The number of rotatable bonds is 5. The lowest BCUT2D eigenvalue weighted by atomic mass is 10.2. The van der Waals surface area contributed by atoms with Gasteiger partial charge in [-0.05, 0) is 18.2 Å². The van der Waals surface area contributed by atoms with Crippen molar-refractivity contribution < 1.29 is 40.2 Å². The van der Waals surface area contributed by atoms with Gasteiger partial charge in [-0.1, -0.05) is 23.2 Å². The van der Waals surface area contributed by atoms with Crippen molar-refractivity contribution in [3.05, 3.63) is 51.8 Å². The quantitative estimate of drug-likeness (QED) is 0.662. The van der Waals surface area contributed by atoms with E-state index in [9.17, 15) is 30.8 Å². The molecule has 0 fully saturated rings. The van der Waals surface area contributed by atoms with Crippen LogP contribution in [0.3, 0.4) is 0 Å². The second-order valence-electron chi connectivity index (χ2n) is 5.21. The van der Waals surface area contributed by atoms with Crippen molar-refractivity contribution in [3.63, 3.8) is 0 Å². The highest BCUT2D eigenvalue weighted by Gasteiger charge is 2.33. The fourth-order valence-corrected chi connectivity index (χ4v) is 2.70. The molecule has 0 aliphatic carbocycles. The van der Waals surface area contributed by atoms with Crippen LogP contribution >= 0.6 is 23.2 Å². The molecule has 0 heterocycles. The van der Waals surface area contributed by atoms with E-state index >= 15 is 0 Å². The number of carbonyl (C=O) groups is 1. The van der Waals surface area contributed by atoms with Gasteiger partial charge in [-0.3, -0.25) is 4.79 Å². The van der Waals surface area contributed by atoms with Crippen LogP contribution in [-0.4, -0.2) is 26.9 Å². The zero-order chi connectivity index (χ0) is 21.3. The predicted molar refractivity (Wildman–Crippen MR) is 91.9 cm³/mol. The Balaban J connectivity index is 2.38. The van der Waals surface area contributed by atoms with Gasteiger partial charge in [-0.25, -0.2) is 17.5 Å². The average Bonchev–Trinajstić information content (AvgIpc) is 2.49. The Morgan fingerprint density at radius 2 is 1.71 bits per heavy atom. The summed E-state index contributed by atoms with van der Waals surface area (Å²) in [6, 6.07) is 4.40. The standard InChI is InChI=1S/C15H9Cl2F4NO5S/c1-28(24,25)22-14(23)8-5-9(17)12(6-10(8)18)26-11-3-2-7(16)4-13(11)27-15(19,20)21/h2-6H,1H3,(H,22,23). The lowest BCUT2D eigenvalue weighted by Crippen LogP contribution is -2.30. The van der Waals surface area contributed by atoms with Gasteiger partial charge in [0.05, 0.1) is 16.8 Å². The summed E-state index contributed by atoms with van der Waals surface area (Å²) in [6.07, 6.45) is -4.37. The highest BCUT2D eigenvalue weighted by Crippen LogP contribution is 2.39. The van der Waals surface area contributed by atoms with Gasteiger partial charge in [-0.15, -0.1) is 13.2 Å².